The van der Waals surface area contributed by atoms with Gasteiger partial charge in [0.25, 0.3) is 0 Å². The summed E-state index contributed by atoms with van der Waals surface area (Å²) in [5.41, 5.74) is 5.44. The summed E-state index contributed by atoms with van der Waals surface area (Å²) in [4.78, 5) is 18.0. The van der Waals surface area contributed by atoms with Crippen LogP contribution in [0.3, 0.4) is 0 Å². The van der Waals surface area contributed by atoms with Crippen LogP contribution in [0.5, 0.6) is 0 Å². The molecule has 1 saturated carbocycles. The van der Waals surface area contributed by atoms with Crippen molar-refractivity contribution in [2.75, 3.05) is 10.6 Å². The molecule has 0 spiro atoms. The van der Waals surface area contributed by atoms with Crippen LogP contribution >= 0.6 is 0 Å². The Balaban J connectivity index is 1.45. The maximum absolute atomic E-state index is 9.74. The van der Waals surface area contributed by atoms with Crippen molar-refractivity contribution >= 4 is 23.0 Å². The Morgan fingerprint density at radius 3 is 2.68 bits per heavy atom. The summed E-state index contributed by atoms with van der Waals surface area (Å²) in [5.74, 6) is 0.613. The summed E-state index contributed by atoms with van der Waals surface area (Å²) in [6, 6.07) is 8.14. The van der Waals surface area contributed by atoms with Crippen LogP contribution in [0.15, 0.2) is 55.2 Å². The Hall–Kier alpha value is -3.52. The molecule has 0 aromatic carbocycles. The molecule has 1 aliphatic carbocycles. The Kier molecular flexibility index (Phi) is 5.21. The van der Waals surface area contributed by atoms with Gasteiger partial charge in [0.15, 0.2) is 0 Å². The lowest BCUT2D eigenvalue weighted by Crippen LogP contribution is -2.29. The first-order valence-electron chi connectivity index (χ1n) is 10.6. The zero-order chi connectivity index (χ0) is 21.2. The molecule has 0 amide bonds. The SMILES string of the molecule is Cc1cnc(NC2CCC(O)CC2)nc1-c1cnc2ccc(Nc3cccnc3)cn12. The molecule has 0 saturated heterocycles. The van der Waals surface area contributed by atoms with Gasteiger partial charge in [0.05, 0.1) is 41.3 Å². The molecule has 0 bridgehead atoms. The van der Waals surface area contributed by atoms with E-state index in [4.69, 9.17) is 4.98 Å². The Labute approximate surface area is 180 Å². The molecule has 5 rings (SSSR count). The minimum Gasteiger partial charge on any atom is -0.393 e. The molecule has 4 aromatic rings. The molecule has 31 heavy (non-hydrogen) atoms. The van der Waals surface area contributed by atoms with Crippen LogP contribution < -0.4 is 10.6 Å². The largest absolute Gasteiger partial charge is 0.393 e. The Bertz CT molecular complexity index is 1180. The number of anilines is 3. The van der Waals surface area contributed by atoms with Crippen molar-refractivity contribution in [3.05, 3.63) is 60.8 Å². The molecule has 4 aromatic heterocycles. The van der Waals surface area contributed by atoms with Crippen molar-refractivity contribution in [3.8, 4) is 11.4 Å². The maximum Gasteiger partial charge on any atom is 0.223 e. The first-order chi connectivity index (χ1) is 15.2. The van der Waals surface area contributed by atoms with Crippen molar-refractivity contribution < 1.29 is 5.11 Å². The second kappa shape index (κ2) is 8.31. The predicted octanol–water partition coefficient (Wildman–Crippen LogP) is 3.95. The van der Waals surface area contributed by atoms with Gasteiger partial charge in [-0.2, -0.15) is 0 Å². The first-order valence-corrected chi connectivity index (χ1v) is 10.6. The molecule has 0 unspecified atom stereocenters. The van der Waals surface area contributed by atoms with Gasteiger partial charge in [-0.05, 0) is 62.4 Å². The summed E-state index contributed by atoms with van der Waals surface area (Å²) in [6.45, 7) is 2.01. The molecule has 0 radical (unpaired) electrons. The average Bonchev–Trinajstić information content (AvgIpc) is 3.20. The van der Waals surface area contributed by atoms with Gasteiger partial charge in [-0.3, -0.25) is 9.38 Å². The van der Waals surface area contributed by atoms with Crippen LogP contribution in [0.4, 0.5) is 17.3 Å². The van der Waals surface area contributed by atoms with Crippen LogP contribution in [0.2, 0.25) is 0 Å². The van der Waals surface area contributed by atoms with Gasteiger partial charge in [-0.15, -0.1) is 0 Å². The Morgan fingerprint density at radius 2 is 1.87 bits per heavy atom. The molecule has 4 heterocycles. The molecule has 8 heteroatoms. The van der Waals surface area contributed by atoms with Crippen LogP contribution in [0.25, 0.3) is 17.0 Å². The van der Waals surface area contributed by atoms with Gasteiger partial charge in [0.2, 0.25) is 5.95 Å². The van der Waals surface area contributed by atoms with E-state index < -0.39 is 0 Å². The Morgan fingerprint density at radius 1 is 1.00 bits per heavy atom. The second-order valence-corrected chi connectivity index (χ2v) is 8.03. The van der Waals surface area contributed by atoms with Crippen molar-refractivity contribution in [2.45, 2.75) is 44.8 Å². The highest BCUT2D eigenvalue weighted by molar-refractivity contribution is 5.67. The number of aliphatic hydroxyl groups excluding tert-OH is 1. The van der Waals surface area contributed by atoms with Crippen molar-refractivity contribution in [1.82, 2.24) is 24.3 Å². The summed E-state index contributed by atoms with van der Waals surface area (Å²) in [5, 5.41) is 16.5. The third-order valence-corrected chi connectivity index (χ3v) is 5.70. The van der Waals surface area contributed by atoms with Gasteiger partial charge in [-0.1, -0.05) is 0 Å². The standard InChI is InChI=1S/C23H25N7O/c1-15-11-26-23(28-16-4-7-19(31)8-5-16)29-22(15)20-13-25-21-9-6-18(14-30(20)21)27-17-3-2-10-24-12-17/h2-3,6,9-14,16,19,27,31H,4-5,7-8H2,1H3,(H,26,28,29). The predicted molar refractivity (Wildman–Crippen MR) is 120 cm³/mol. The summed E-state index contributed by atoms with van der Waals surface area (Å²) in [6.07, 6.45) is 12.5. The number of fused-ring (bicyclic) bond motifs is 1. The number of rotatable bonds is 5. The number of pyridine rings is 2. The fraction of sp³-hybridized carbons (Fsp3) is 0.304. The molecule has 0 aliphatic heterocycles. The number of nitrogens with one attached hydrogen (secondary N) is 2. The van der Waals surface area contributed by atoms with E-state index in [0.29, 0.717) is 5.95 Å². The third-order valence-electron chi connectivity index (χ3n) is 5.70. The van der Waals surface area contributed by atoms with Gasteiger partial charge in [-0.25, -0.2) is 15.0 Å². The number of imidazole rings is 1. The van der Waals surface area contributed by atoms with Crippen LogP contribution in [0.1, 0.15) is 31.2 Å². The lowest BCUT2D eigenvalue weighted by molar-refractivity contribution is 0.126. The van der Waals surface area contributed by atoms with Crippen LogP contribution in [-0.2, 0) is 0 Å². The van der Waals surface area contributed by atoms with E-state index in [0.717, 1.165) is 59.7 Å². The molecule has 8 nitrogen and oxygen atoms in total. The van der Waals surface area contributed by atoms with Gasteiger partial charge < -0.3 is 15.7 Å². The zero-order valence-corrected chi connectivity index (χ0v) is 17.4. The van der Waals surface area contributed by atoms with Crippen LogP contribution in [-0.4, -0.2) is 41.6 Å². The quantitative estimate of drug-likeness (QED) is 0.454. The van der Waals surface area contributed by atoms with Gasteiger partial charge in [0, 0.05) is 24.6 Å². The fourth-order valence-electron chi connectivity index (χ4n) is 4.01. The third kappa shape index (κ3) is 4.20. The highest BCUT2D eigenvalue weighted by Gasteiger charge is 2.20. The number of hydrogen-bond acceptors (Lipinski definition) is 7. The number of aryl methyl sites for hydroxylation is 1. The number of hydrogen-bond donors (Lipinski definition) is 3. The van der Waals surface area contributed by atoms with Gasteiger partial charge >= 0.3 is 0 Å². The molecule has 1 fully saturated rings. The average molecular weight is 416 g/mol. The van der Waals surface area contributed by atoms with E-state index in [1.165, 1.54) is 0 Å². The molecule has 1 aliphatic rings. The zero-order valence-electron chi connectivity index (χ0n) is 17.4. The van der Waals surface area contributed by atoms with E-state index >= 15 is 0 Å². The lowest BCUT2D eigenvalue weighted by atomic mass is 9.93. The smallest absolute Gasteiger partial charge is 0.223 e. The normalized spacial score (nSPS) is 18.8. The van der Waals surface area contributed by atoms with Crippen molar-refractivity contribution in [1.29, 1.82) is 0 Å². The molecular formula is C23H25N7O. The molecule has 0 atom stereocenters. The van der Waals surface area contributed by atoms with E-state index in [1.807, 2.05) is 54.2 Å². The van der Waals surface area contributed by atoms with Gasteiger partial charge in [0.1, 0.15) is 5.65 Å². The summed E-state index contributed by atoms with van der Waals surface area (Å²) < 4.78 is 2.04. The molecule has 158 valence electrons. The van der Waals surface area contributed by atoms with E-state index in [9.17, 15) is 5.11 Å². The van der Waals surface area contributed by atoms with Crippen molar-refractivity contribution in [3.63, 3.8) is 0 Å². The fourth-order valence-corrected chi connectivity index (χ4v) is 4.01. The monoisotopic (exact) mass is 415 g/mol. The summed E-state index contributed by atoms with van der Waals surface area (Å²) >= 11 is 0. The number of aromatic nitrogens is 5. The molecular weight excluding hydrogens is 390 g/mol. The van der Waals surface area contributed by atoms with E-state index in [-0.39, 0.29) is 12.1 Å². The van der Waals surface area contributed by atoms with E-state index in [2.05, 4.69) is 25.6 Å². The number of nitrogens with zero attached hydrogens (tertiary/aromatic N) is 5. The summed E-state index contributed by atoms with van der Waals surface area (Å²) in [7, 11) is 0. The van der Waals surface area contributed by atoms with Crippen molar-refractivity contribution in [2.24, 2.45) is 0 Å². The minimum atomic E-state index is -0.180. The van der Waals surface area contributed by atoms with E-state index in [1.54, 1.807) is 12.4 Å². The van der Waals surface area contributed by atoms with Crippen LogP contribution in [0, 0.1) is 6.92 Å². The topological polar surface area (TPSA) is 100 Å². The number of aliphatic hydroxyl groups is 1. The highest BCUT2D eigenvalue weighted by atomic mass is 16.3. The lowest BCUT2D eigenvalue weighted by Gasteiger charge is -2.26. The maximum atomic E-state index is 9.74. The first kappa shape index (κ1) is 19.4. The second-order valence-electron chi connectivity index (χ2n) is 8.03. The minimum absolute atomic E-state index is 0.180. The highest BCUT2D eigenvalue weighted by Crippen LogP contribution is 2.27. The molecule has 3 N–H and O–H groups in total.